The maximum Gasteiger partial charge on any atom is 0.245 e. The van der Waals surface area contributed by atoms with Gasteiger partial charge in [-0.05, 0) is 43.0 Å². The number of halogens is 2. The third-order valence-electron chi connectivity index (χ3n) is 4.87. The first-order valence-corrected chi connectivity index (χ1v) is 11.9. The van der Waals surface area contributed by atoms with E-state index in [0.717, 1.165) is 22.7 Å². The van der Waals surface area contributed by atoms with E-state index in [-0.39, 0.29) is 40.0 Å². The number of hydrogen-bond donors (Lipinski definition) is 1. The summed E-state index contributed by atoms with van der Waals surface area (Å²) in [5.41, 5.74) is 0.967. The predicted molar refractivity (Wildman–Crippen MR) is 117 cm³/mol. The fraction of sp³-hybridized carbons (Fsp3) is 0.381. The highest BCUT2D eigenvalue weighted by Crippen LogP contribution is 2.28. The fourth-order valence-electron chi connectivity index (χ4n) is 3.25. The Morgan fingerprint density at radius 2 is 1.93 bits per heavy atom. The monoisotopic (exact) mass is 470 g/mol. The van der Waals surface area contributed by atoms with Crippen LogP contribution in [-0.2, 0) is 26.0 Å². The van der Waals surface area contributed by atoms with Crippen molar-refractivity contribution in [3.63, 3.8) is 0 Å². The average Bonchev–Trinajstić information content (AvgIpc) is 3.25. The molecular formula is C21H24Cl2N2O4S. The highest BCUT2D eigenvalue weighted by atomic mass is 35.5. The van der Waals surface area contributed by atoms with Gasteiger partial charge in [-0.1, -0.05) is 53.5 Å². The summed E-state index contributed by atoms with van der Waals surface area (Å²) in [6.45, 7) is 0.863. The van der Waals surface area contributed by atoms with Gasteiger partial charge in [-0.3, -0.25) is 4.79 Å². The molecule has 1 aliphatic heterocycles. The molecule has 1 atom stereocenters. The van der Waals surface area contributed by atoms with E-state index in [9.17, 15) is 13.2 Å². The van der Waals surface area contributed by atoms with E-state index < -0.39 is 10.0 Å². The first kappa shape index (κ1) is 23.0. The quantitative estimate of drug-likeness (QED) is 0.608. The van der Waals surface area contributed by atoms with Crippen molar-refractivity contribution in [1.82, 2.24) is 9.62 Å². The molecule has 6 nitrogen and oxygen atoms in total. The van der Waals surface area contributed by atoms with Gasteiger partial charge in [-0.25, -0.2) is 8.42 Å². The van der Waals surface area contributed by atoms with Crippen LogP contribution in [0.3, 0.4) is 0 Å². The highest BCUT2D eigenvalue weighted by Gasteiger charge is 2.29. The van der Waals surface area contributed by atoms with Crippen LogP contribution in [0.15, 0.2) is 53.4 Å². The van der Waals surface area contributed by atoms with Crippen LogP contribution in [0.4, 0.5) is 0 Å². The number of nitrogens with one attached hydrogen (secondary N) is 1. The molecule has 1 amide bonds. The summed E-state index contributed by atoms with van der Waals surface area (Å²) in [5, 5.41) is 3.09. The van der Waals surface area contributed by atoms with Gasteiger partial charge in [0.2, 0.25) is 15.9 Å². The van der Waals surface area contributed by atoms with Crippen molar-refractivity contribution in [2.45, 2.75) is 30.3 Å². The summed E-state index contributed by atoms with van der Waals surface area (Å²) in [6.07, 6.45) is 2.28. The van der Waals surface area contributed by atoms with Crippen LogP contribution in [0.1, 0.15) is 18.4 Å². The molecule has 162 valence electrons. The van der Waals surface area contributed by atoms with Crippen molar-refractivity contribution in [2.24, 2.45) is 0 Å². The van der Waals surface area contributed by atoms with Crippen molar-refractivity contribution in [3.8, 4) is 0 Å². The Morgan fingerprint density at radius 3 is 2.63 bits per heavy atom. The van der Waals surface area contributed by atoms with Crippen molar-refractivity contribution in [3.05, 3.63) is 64.1 Å². The number of carbonyl (C=O) groups is 1. The molecule has 0 aliphatic carbocycles. The number of rotatable bonds is 9. The first-order valence-electron chi connectivity index (χ1n) is 9.73. The zero-order valence-corrected chi connectivity index (χ0v) is 18.7. The zero-order valence-electron chi connectivity index (χ0n) is 16.4. The van der Waals surface area contributed by atoms with Crippen molar-refractivity contribution in [2.75, 3.05) is 26.2 Å². The number of carbonyl (C=O) groups excluding carboxylic acids is 1. The largest absolute Gasteiger partial charge is 0.376 e. The van der Waals surface area contributed by atoms with Gasteiger partial charge in [0.15, 0.2) is 0 Å². The van der Waals surface area contributed by atoms with Crippen LogP contribution < -0.4 is 5.32 Å². The molecule has 1 aliphatic rings. The lowest BCUT2D eigenvalue weighted by Gasteiger charge is -2.23. The molecule has 0 unspecified atom stereocenters. The highest BCUT2D eigenvalue weighted by molar-refractivity contribution is 7.89. The standard InChI is InChI=1S/C21H24Cl2N2O4S/c22-17-8-9-19(23)20(13-17)30(27,28)25(11-10-16-5-2-1-3-6-16)15-21(26)24-14-18-7-4-12-29-18/h1-3,5-6,8-9,13,18H,4,7,10-12,14-15H2,(H,24,26)/t18-/m1/s1. The zero-order chi connectivity index (χ0) is 21.6. The van der Waals surface area contributed by atoms with Crippen LogP contribution in [0.5, 0.6) is 0 Å². The fourth-order valence-corrected chi connectivity index (χ4v) is 5.38. The normalized spacial score (nSPS) is 16.7. The molecule has 1 heterocycles. The Kier molecular flexibility index (Phi) is 8.13. The van der Waals surface area contributed by atoms with E-state index in [0.29, 0.717) is 19.6 Å². The van der Waals surface area contributed by atoms with Crippen molar-refractivity contribution >= 4 is 39.1 Å². The predicted octanol–water partition coefficient (Wildman–Crippen LogP) is 3.52. The molecule has 1 saturated heterocycles. The number of ether oxygens (including phenoxy) is 1. The molecule has 0 bridgehead atoms. The van der Waals surface area contributed by atoms with E-state index in [1.54, 1.807) is 0 Å². The minimum Gasteiger partial charge on any atom is -0.376 e. The number of nitrogens with zero attached hydrogens (tertiary/aromatic N) is 1. The third kappa shape index (κ3) is 6.18. The molecule has 0 aromatic heterocycles. The molecule has 9 heteroatoms. The molecule has 0 radical (unpaired) electrons. The van der Waals surface area contributed by atoms with Crippen LogP contribution in [0.2, 0.25) is 10.0 Å². The van der Waals surface area contributed by atoms with Gasteiger partial charge in [-0.15, -0.1) is 0 Å². The lowest BCUT2D eigenvalue weighted by Crippen LogP contribution is -2.43. The van der Waals surface area contributed by atoms with Gasteiger partial charge in [0.05, 0.1) is 17.7 Å². The molecule has 0 spiro atoms. The second-order valence-corrected chi connectivity index (χ2v) is 9.84. The first-order chi connectivity index (χ1) is 14.4. The van der Waals surface area contributed by atoms with E-state index in [1.165, 1.54) is 18.2 Å². The summed E-state index contributed by atoms with van der Waals surface area (Å²) >= 11 is 12.1. The van der Waals surface area contributed by atoms with Gasteiger partial charge in [0.1, 0.15) is 4.90 Å². The lowest BCUT2D eigenvalue weighted by atomic mass is 10.1. The summed E-state index contributed by atoms with van der Waals surface area (Å²) in [6, 6.07) is 13.7. The number of sulfonamides is 1. The van der Waals surface area contributed by atoms with Gasteiger partial charge >= 0.3 is 0 Å². The van der Waals surface area contributed by atoms with Crippen LogP contribution >= 0.6 is 23.2 Å². The minimum absolute atomic E-state index is 0.0225. The molecule has 2 aromatic carbocycles. The second-order valence-electron chi connectivity index (χ2n) is 7.09. The maximum absolute atomic E-state index is 13.3. The van der Waals surface area contributed by atoms with E-state index in [2.05, 4.69) is 5.32 Å². The molecule has 2 aromatic rings. The van der Waals surface area contributed by atoms with E-state index in [4.69, 9.17) is 27.9 Å². The molecule has 1 N–H and O–H groups in total. The molecule has 30 heavy (non-hydrogen) atoms. The summed E-state index contributed by atoms with van der Waals surface area (Å²) < 4.78 is 33.2. The summed E-state index contributed by atoms with van der Waals surface area (Å²) in [7, 11) is -4.03. The minimum atomic E-state index is -4.03. The smallest absolute Gasteiger partial charge is 0.245 e. The lowest BCUT2D eigenvalue weighted by molar-refractivity contribution is -0.121. The Bertz CT molecular complexity index is 964. The van der Waals surface area contributed by atoms with E-state index in [1.807, 2.05) is 30.3 Å². The van der Waals surface area contributed by atoms with Gasteiger partial charge in [0.25, 0.3) is 0 Å². The molecular weight excluding hydrogens is 447 g/mol. The third-order valence-corrected chi connectivity index (χ3v) is 7.44. The number of hydrogen-bond acceptors (Lipinski definition) is 4. The van der Waals surface area contributed by atoms with Gasteiger partial charge in [0, 0.05) is 24.7 Å². The van der Waals surface area contributed by atoms with Crippen LogP contribution in [0.25, 0.3) is 0 Å². The molecule has 3 rings (SSSR count). The molecule has 1 fully saturated rings. The Balaban J connectivity index is 1.76. The van der Waals surface area contributed by atoms with Crippen molar-refractivity contribution < 1.29 is 17.9 Å². The Labute approximate surface area is 187 Å². The van der Waals surface area contributed by atoms with E-state index >= 15 is 0 Å². The summed E-state index contributed by atoms with van der Waals surface area (Å²) in [5.74, 6) is -0.389. The molecule has 0 saturated carbocycles. The van der Waals surface area contributed by atoms with Crippen molar-refractivity contribution in [1.29, 1.82) is 0 Å². The number of amides is 1. The topological polar surface area (TPSA) is 75.7 Å². The van der Waals surface area contributed by atoms with Gasteiger partial charge in [-0.2, -0.15) is 4.31 Å². The van der Waals surface area contributed by atoms with Crippen LogP contribution in [0, 0.1) is 0 Å². The average molecular weight is 471 g/mol. The SMILES string of the molecule is O=C(CN(CCc1ccccc1)S(=O)(=O)c1cc(Cl)ccc1Cl)NC[C@H]1CCCO1. The second kappa shape index (κ2) is 10.6. The number of benzene rings is 2. The Hall–Kier alpha value is -1.64. The maximum atomic E-state index is 13.3. The Morgan fingerprint density at radius 1 is 1.17 bits per heavy atom. The summed E-state index contributed by atoms with van der Waals surface area (Å²) in [4.78, 5) is 12.4. The van der Waals surface area contributed by atoms with Crippen LogP contribution in [-0.4, -0.2) is 51.0 Å². The van der Waals surface area contributed by atoms with Gasteiger partial charge < -0.3 is 10.1 Å².